The van der Waals surface area contributed by atoms with Crippen LogP contribution in [0.5, 0.6) is 0 Å². The first kappa shape index (κ1) is 36.8. The fourth-order valence-electron chi connectivity index (χ4n) is 4.06. The SMILES string of the molecule is NCCCN1C(=O)N(CCCN)C(Cc2ccccc2)(Cc2ccccc2)C1=O.O=C(O)C(F)(F)F.O=C(O)C(F)(F)F. The highest BCUT2D eigenvalue weighted by molar-refractivity contribution is 6.07. The van der Waals surface area contributed by atoms with Gasteiger partial charge in [-0.25, -0.2) is 14.4 Å². The number of rotatable bonds is 10. The summed E-state index contributed by atoms with van der Waals surface area (Å²) in [6.45, 7) is 1.70. The second-order valence-corrected chi connectivity index (χ2v) is 9.14. The lowest BCUT2D eigenvalue weighted by Crippen LogP contribution is -2.53. The van der Waals surface area contributed by atoms with Crippen molar-refractivity contribution in [3.8, 4) is 0 Å². The van der Waals surface area contributed by atoms with Gasteiger partial charge in [0.2, 0.25) is 0 Å². The van der Waals surface area contributed by atoms with Crippen LogP contribution < -0.4 is 11.5 Å². The largest absolute Gasteiger partial charge is 0.490 e. The third-order valence-electron chi connectivity index (χ3n) is 5.96. The zero-order chi connectivity index (χ0) is 32.8. The van der Waals surface area contributed by atoms with Gasteiger partial charge in [0.1, 0.15) is 5.54 Å². The number of nitrogens with two attached hydrogens (primary N) is 2. The number of imide groups is 1. The number of nitrogens with zero attached hydrogens (tertiary/aromatic N) is 2. The highest BCUT2D eigenvalue weighted by Gasteiger charge is 2.56. The number of halogens is 6. The van der Waals surface area contributed by atoms with Gasteiger partial charge >= 0.3 is 30.3 Å². The maximum absolute atomic E-state index is 13.7. The quantitative estimate of drug-likeness (QED) is 0.231. The van der Waals surface area contributed by atoms with E-state index in [4.69, 9.17) is 31.3 Å². The number of amides is 3. The lowest BCUT2D eigenvalue weighted by molar-refractivity contribution is -0.193. The van der Waals surface area contributed by atoms with Gasteiger partial charge in [-0.05, 0) is 37.1 Å². The van der Waals surface area contributed by atoms with Crippen molar-refractivity contribution in [1.82, 2.24) is 9.80 Å². The van der Waals surface area contributed by atoms with Gasteiger partial charge in [-0.1, -0.05) is 60.7 Å². The molecule has 2 aromatic carbocycles. The molecule has 0 spiro atoms. The second kappa shape index (κ2) is 16.5. The van der Waals surface area contributed by atoms with Gasteiger partial charge in [-0.2, -0.15) is 26.3 Å². The lowest BCUT2D eigenvalue weighted by Gasteiger charge is -2.36. The summed E-state index contributed by atoms with van der Waals surface area (Å²) in [5.74, 6) is -5.65. The van der Waals surface area contributed by atoms with Gasteiger partial charge in [-0.15, -0.1) is 0 Å². The summed E-state index contributed by atoms with van der Waals surface area (Å²) in [6.07, 6.45) is -7.99. The molecule has 1 aliphatic heterocycles. The summed E-state index contributed by atoms with van der Waals surface area (Å²) >= 11 is 0. The van der Waals surface area contributed by atoms with Crippen molar-refractivity contribution >= 4 is 23.9 Å². The van der Waals surface area contributed by atoms with Crippen LogP contribution in [0.15, 0.2) is 60.7 Å². The van der Waals surface area contributed by atoms with E-state index in [1.807, 2.05) is 60.7 Å². The van der Waals surface area contributed by atoms with Crippen LogP contribution in [0.2, 0.25) is 0 Å². The van der Waals surface area contributed by atoms with Crippen LogP contribution in [0.4, 0.5) is 31.1 Å². The van der Waals surface area contributed by atoms with Crippen molar-refractivity contribution in [2.75, 3.05) is 26.2 Å². The van der Waals surface area contributed by atoms with E-state index in [9.17, 15) is 35.9 Å². The highest BCUT2D eigenvalue weighted by atomic mass is 19.4. The minimum atomic E-state index is -5.08. The first-order valence-corrected chi connectivity index (χ1v) is 12.7. The summed E-state index contributed by atoms with van der Waals surface area (Å²) in [4.78, 5) is 47.9. The third-order valence-corrected chi connectivity index (χ3v) is 5.96. The molecule has 3 rings (SSSR count). The molecule has 1 heterocycles. The van der Waals surface area contributed by atoms with Crippen molar-refractivity contribution in [2.24, 2.45) is 11.5 Å². The van der Waals surface area contributed by atoms with Crippen LogP contribution in [0.3, 0.4) is 0 Å². The lowest BCUT2D eigenvalue weighted by atomic mass is 9.83. The van der Waals surface area contributed by atoms with E-state index in [1.165, 1.54) is 4.90 Å². The van der Waals surface area contributed by atoms with E-state index < -0.39 is 29.8 Å². The Labute approximate surface area is 242 Å². The predicted molar refractivity (Wildman–Crippen MR) is 142 cm³/mol. The number of hydrogen-bond acceptors (Lipinski definition) is 6. The molecule has 1 fully saturated rings. The van der Waals surface area contributed by atoms with Crippen molar-refractivity contribution in [1.29, 1.82) is 0 Å². The molecular weight excluding hydrogens is 590 g/mol. The van der Waals surface area contributed by atoms with Crippen LogP contribution in [0.25, 0.3) is 0 Å². The standard InChI is InChI=1S/C23H30N4O2.2C2HF3O2/c24-13-7-15-26-21(28)23(17-19-9-3-1-4-10-19,18-20-11-5-2-6-12-20)27(22(26)29)16-8-14-25;2*3-2(4,5)1(6)7/h1-6,9-12H,7-8,13-18,24-25H2;2*(H,6,7). The number of alkyl halides is 6. The number of urea groups is 1. The molecular formula is C27H32F6N4O6. The van der Waals surface area contributed by atoms with Gasteiger partial charge in [0.05, 0.1) is 0 Å². The van der Waals surface area contributed by atoms with Crippen molar-refractivity contribution in [2.45, 2.75) is 43.6 Å². The summed E-state index contributed by atoms with van der Waals surface area (Å²) < 4.78 is 63.5. The van der Waals surface area contributed by atoms with E-state index in [2.05, 4.69) is 0 Å². The molecule has 1 saturated heterocycles. The number of benzene rings is 2. The minimum Gasteiger partial charge on any atom is -0.475 e. The first-order valence-electron chi connectivity index (χ1n) is 12.7. The van der Waals surface area contributed by atoms with Crippen molar-refractivity contribution in [3.05, 3.63) is 71.8 Å². The van der Waals surface area contributed by atoms with Crippen molar-refractivity contribution < 1.29 is 55.7 Å². The Morgan fingerprint density at radius 1 is 0.698 bits per heavy atom. The number of carbonyl (C=O) groups excluding carboxylic acids is 2. The monoisotopic (exact) mass is 622 g/mol. The van der Waals surface area contributed by atoms with Gasteiger partial charge in [0.15, 0.2) is 0 Å². The van der Waals surface area contributed by atoms with E-state index in [0.717, 1.165) is 11.1 Å². The molecule has 16 heteroatoms. The van der Waals surface area contributed by atoms with Crippen LogP contribution in [0, 0.1) is 0 Å². The fourth-order valence-corrected chi connectivity index (χ4v) is 4.06. The van der Waals surface area contributed by atoms with E-state index in [1.54, 1.807) is 4.90 Å². The smallest absolute Gasteiger partial charge is 0.475 e. The van der Waals surface area contributed by atoms with Crippen molar-refractivity contribution in [3.63, 3.8) is 0 Å². The Kier molecular flexibility index (Phi) is 14.1. The normalized spacial score (nSPS) is 14.4. The number of hydrogen-bond donors (Lipinski definition) is 4. The van der Waals surface area contributed by atoms with Gasteiger partial charge in [0, 0.05) is 25.9 Å². The van der Waals surface area contributed by atoms with E-state index in [-0.39, 0.29) is 11.9 Å². The Balaban J connectivity index is 0.000000548. The summed E-state index contributed by atoms with van der Waals surface area (Å²) in [7, 11) is 0. The first-order chi connectivity index (χ1) is 20.0. The Bertz CT molecular complexity index is 1130. The number of carboxylic acids is 2. The number of aliphatic carboxylic acids is 2. The molecule has 1 aliphatic rings. The van der Waals surface area contributed by atoms with Crippen LogP contribution in [-0.4, -0.2) is 88.0 Å². The average molecular weight is 623 g/mol. The predicted octanol–water partition coefficient (Wildman–Crippen LogP) is 3.44. The molecule has 0 bridgehead atoms. The van der Waals surface area contributed by atoms with Crippen LogP contribution >= 0.6 is 0 Å². The molecule has 10 nitrogen and oxygen atoms in total. The van der Waals surface area contributed by atoms with E-state index >= 15 is 0 Å². The summed E-state index contributed by atoms with van der Waals surface area (Å²) in [5, 5.41) is 14.2. The van der Waals surface area contributed by atoms with Crippen LogP contribution in [-0.2, 0) is 27.2 Å². The molecule has 0 aliphatic carbocycles. The van der Waals surface area contributed by atoms with Gasteiger partial charge in [-0.3, -0.25) is 9.69 Å². The molecule has 0 atom stereocenters. The second-order valence-electron chi connectivity index (χ2n) is 9.14. The van der Waals surface area contributed by atoms with Gasteiger partial charge < -0.3 is 26.6 Å². The molecule has 0 aromatic heterocycles. The van der Waals surface area contributed by atoms with Gasteiger partial charge in [0.25, 0.3) is 5.91 Å². The molecule has 6 N–H and O–H groups in total. The topological polar surface area (TPSA) is 167 Å². The Morgan fingerprint density at radius 3 is 1.37 bits per heavy atom. The zero-order valence-electron chi connectivity index (χ0n) is 22.8. The summed E-state index contributed by atoms with van der Waals surface area (Å²) in [5.41, 5.74) is 12.5. The molecule has 43 heavy (non-hydrogen) atoms. The molecule has 238 valence electrons. The molecule has 0 saturated carbocycles. The Morgan fingerprint density at radius 2 is 1.05 bits per heavy atom. The molecule has 0 unspecified atom stereocenters. The highest BCUT2D eigenvalue weighted by Crippen LogP contribution is 2.35. The van der Waals surface area contributed by atoms with E-state index in [0.29, 0.717) is 51.9 Å². The third kappa shape index (κ3) is 11.2. The summed E-state index contributed by atoms with van der Waals surface area (Å²) in [6, 6.07) is 19.6. The average Bonchev–Trinajstić information content (AvgIpc) is 3.11. The molecule has 2 aromatic rings. The molecule has 0 radical (unpaired) electrons. The maximum Gasteiger partial charge on any atom is 0.490 e. The zero-order valence-corrected chi connectivity index (χ0v) is 22.8. The number of carboxylic acid groups (broad SMARTS) is 2. The minimum absolute atomic E-state index is 0.138. The Hall–Kier alpha value is -4.18. The molecule has 3 amide bonds. The maximum atomic E-state index is 13.7. The van der Waals surface area contributed by atoms with Crippen LogP contribution in [0.1, 0.15) is 24.0 Å². The fraction of sp³-hybridized carbons (Fsp3) is 0.407. The number of carbonyl (C=O) groups is 4.